The van der Waals surface area contributed by atoms with Crippen LogP contribution in [0.3, 0.4) is 0 Å². The lowest BCUT2D eigenvalue weighted by Crippen LogP contribution is -2.48. The van der Waals surface area contributed by atoms with Crippen molar-refractivity contribution < 1.29 is 9.53 Å². The van der Waals surface area contributed by atoms with E-state index in [-0.39, 0.29) is 6.09 Å². The average molecular weight is 254 g/mol. The second-order valence-corrected chi connectivity index (χ2v) is 6.71. The van der Waals surface area contributed by atoms with Gasteiger partial charge in [-0.2, -0.15) is 0 Å². The van der Waals surface area contributed by atoms with E-state index in [9.17, 15) is 4.79 Å². The summed E-state index contributed by atoms with van der Waals surface area (Å²) in [6, 6.07) is 0. The Balaban J connectivity index is 1.90. The second-order valence-electron chi connectivity index (χ2n) is 6.71. The molecule has 0 aromatic heterocycles. The zero-order chi connectivity index (χ0) is 13.3. The van der Waals surface area contributed by atoms with Crippen molar-refractivity contribution in [3.63, 3.8) is 0 Å². The SMILES string of the molecule is CC(C)(C)OC(=O)N1CCC(C2CC2)C(CN)C1. The molecule has 0 aromatic rings. The molecular formula is C14H26N2O2. The van der Waals surface area contributed by atoms with E-state index in [2.05, 4.69) is 0 Å². The highest BCUT2D eigenvalue weighted by molar-refractivity contribution is 5.68. The Morgan fingerprint density at radius 2 is 2.00 bits per heavy atom. The number of likely N-dealkylation sites (tertiary alicyclic amines) is 1. The van der Waals surface area contributed by atoms with Crippen molar-refractivity contribution in [2.45, 2.75) is 45.6 Å². The summed E-state index contributed by atoms with van der Waals surface area (Å²) in [6.07, 6.45) is 3.61. The topological polar surface area (TPSA) is 55.6 Å². The van der Waals surface area contributed by atoms with Crippen LogP contribution in [0.4, 0.5) is 4.79 Å². The minimum atomic E-state index is -0.414. The van der Waals surface area contributed by atoms with Crippen molar-refractivity contribution in [3.05, 3.63) is 0 Å². The van der Waals surface area contributed by atoms with Crippen LogP contribution in [0.2, 0.25) is 0 Å². The van der Waals surface area contributed by atoms with E-state index in [4.69, 9.17) is 10.5 Å². The maximum Gasteiger partial charge on any atom is 0.410 e. The van der Waals surface area contributed by atoms with Gasteiger partial charge in [-0.1, -0.05) is 0 Å². The zero-order valence-corrected chi connectivity index (χ0v) is 11.8. The molecule has 0 spiro atoms. The van der Waals surface area contributed by atoms with Crippen molar-refractivity contribution in [2.75, 3.05) is 19.6 Å². The van der Waals surface area contributed by atoms with Crippen LogP contribution in [0.15, 0.2) is 0 Å². The molecule has 1 heterocycles. The molecule has 0 aromatic carbocycles. The Hall–Kier alpha value is -0.770. The number of nitrogens with zero attached hydrogens (tertiary/aromatic N) is 1. The number of amides is 1. The van der Waals surface area contributed by atoms with E-state index in [0.717, 1.165) is 31.3 Å². The molecule has 4 nitrogen and oxygen atoms in total. The molecule has 1 aliphatic carbocycles. The number of carbonyl (C=O) groups is 1. The van der Waals surface area contributed by atoms with Crippen molar-refractivity contribution in [1.82, 2.24) is 4.90 Å². The quantitative estimate of drug-likeness (QED) is 0.822. The van der Waals surface area contributed by atoms with Crippen LogP contribution in [-0.2, 0) is 4.74 Å². The van der Waals surface area contributed by atoms with Gasteiger partial charge in [-0.05, 0) is 64.3 Å². The Kier molecular flexibility index (Phi) is 3.85. The summed E-state index contributed by atoms with van der Waals surface area (Å²) in [5.41, 5.74) is 5.46. The van der Waals surface area contributed by atoms with Gasteiger partial charge in [-0.25, -0.2) is 4.79 Å². The molecule has 1 saturated carbocycles. The molecule has 0 radical (unpaired) electrons. The third-order valence-corrected chi connectivity index (χ3v) is 3.97. The largest absolute Gasteiger partial charge is 0.444 e. The maximum atomic E-state index is 12.0. The molecule has 0 bridgehead atoms. The van der Waals surface area contributed by atoms with E-state index < -0.39 is 5.60 Å². The number of carbonyl (C=O) groups excluding carboxylic acids is 1. The number of hydrogen-bond donors (Lipinski definition) is 1. The molecular weight excluding hydrogens is 228 g/mol. The van der Waals surface area contributed by atoms with Crippen molar-refractivity contribution in [1.29, 1.82) is 0 Å². The summed E-state index contributed by atoms with van der Waals surface area (Å²) in [6.45, 7) is 7.99. The normalized spacial score (nSPS) is 29.2. The van der Waals surface area contributed by atoms with Crippen LogP contribution in [-0.4, -0.2) is 36.2 Å². The highest BCUT2D eigenvalue weighted by atomic mass is 16.6. The van der Waals surface area contributed by atoms with Crippen LogP contribution < -0.4 is 5.73 Å². The Labute approximate surface area is 110 Å². The smallest absolute Gasteiger partial charge is 0.410 e. The predicted molar refractivity (Wildman–Crippen MR) is 71.2 cm³/mol. The number of piperidine rings is 1. The molecule has 1 amide bonds. The van der Waals surface area contributed by atoms with E-state index in [1.54, 1.807) is 0 Å². The highest BCUT2D eigenvalue weighted by Gasteiger charge is 2.40. The third-order valence-electron chi connectivity index (χ3n) is 3.97. The first-order valence-electron chi connectivity index (χ1n) is 7.08. The zero-order valence-electron chi connectivity index (χ0n) is 11.8. The van der Waals surface area contributed by atoms with Crippen LogP contribution in [0.25, 0.3) is 0 Å². The van der Waals surface area contributed by atoms with Gasteiger partial charge >= 0.3 is 6.09 Å². The number of nitrogens with two attached hydrogens (primary N) is 1. The molecule has 1 aliphatic heterocycles. The van der Waals surface area contributed by atoms with Crippen LogP contribution in [0.5, 0.6) is 0 Å². The summed E-state index contributed by atoms with van der Waals surface area (Å²) in [5, 5.41) is 0. The van der Waals surface area contributed by atoms with Gasteiger partial charge in [0.05, 0.1) is 0 Å². The summed E-state index contributed by atoms with van der Waals surface area (Å²) in [5.74, 6) is 2.06. The maximum absolute atomic E-state index is 12.0. The van der Waals surface area contributed by atoms with E-state index >= 15 is 0 Å². The molecule has 2 N–H and O–H groups in total. The summed E-state index contributed by atoms with van der Waals surface area (Å²) in [7, 11) is 0. The lowest BCUT2D eigenvalue weighted by Gasteiger charge is -2.38. The van der Waals surface area contributed by atoms with Gasteiger partial charge in [0.25, 0.3) is 0 Å². The van der Waals surface area contributed by atoms with E-state index in [1.807, 2.05) is 25.7 Å². The first kappa shape index (κ1) is 13.7. The Morgan fingerprint density at radius 3 is 2.50 bits per heavy atom. The van der Waals surface area contributed by atoms with Crippen LogP contribution in [0.1, 0.15) is 40.0 Å². The fourth-order valence-electron chi connectivity index (χ4n) is 2.94. The lowest BCUT2D eigenvalue weighted by atomic mass is 9.82. The molecule has 2 unspecified atom stereocenters. The third kappa shape index (κ3) is 3.37. The van der Waals surface area contributed by atoms with Crippen molar-refractivity contribution in [3.8, 4) is 0 Å². The molecule has 2 atom stereocenters. The summed E-state index contributed by atoms with van der Waals surface area (Å²) >= 11 is 0. The second kappa shape index (κ2) is 5.08. The minimum absolute atomic E-state index is 0.185. The van der Waals surface area contributed by atoms with Gasteiger partial charge < -0.3 is 15.4 Å². The standard InChI is InChI=1S/C14H26N2O2/c1-14(2,3)18-13(17)16-7-6-12(10-4-5-10)11(8-15)9-16/h10-12H,4-9,15H2,1-3H3. The predicted octanol–water partition coefficient (Wildman–Crippen LogP) is 2.23. The van der Waals surface area contributed by atoms with E-state index in [1.165, 1.54) is 12.8 Å². The highest BCUT2D eigenvalue weighted by Crippen LogP contribution is 2.44. The van der Waals surface area contributed by atoms with E-state index in [0.29, 0.717) is 12.5 Å². The van der Waals surface area contributed by atoms with Crippen LogP contribution >= 0.6 is 0 Å². The molecule has 104 valence electrons. The minimum Gasteiger partial charge on any atom is -0.444 e. The number of hydrogen-bond acceptors (Lipinski definition) is 3. The first-order valence-corrected chi connectivity index (χ1v) is 7.08. The lowest BCUT2D eigenvalue weighted by molar-refractivity contribution is 0.00931. The number of ether oxygens (including phenoxy) is 1. The Morgan fingerprint density at radius 1 is 1.33 bits per heavy atom. The van der Waals surface area contributed by atoms with Crippen LogP contribution in [0, 0.1) is 17.8 Å². The summed E-state index contributed by atoms with van der Waals surface area (Å²) in [4.78, 5) is 13.9. The van der Waals surface area contributed by atoms with Crippen molar-refractivity contribution in [2.24, 2.45) is 23.5 Å². The van der Waals surface area contributed by atoms with Gasteiger partial charge in [0, 0.05) is 13.1 Å². The monoisotopic (exact) mass is 254 g/mol. The molecule has 1 saturated heterocycles. The number of rotatable bonds is 2. The van der Waals surface area contributed by atoms with Gasteiger partial charge in [0.15, 0.2) is 0 Å². The van der Waals surface area contributed by atoms with Gasteiger partial charge in [-0.15, -0.1) is 0 Å². The molecule has 4 heteroatoms. The Bertz CT molecular complexity index is 307. The van der Waals surface area contributed by atoms with Gasteiger partial charge in [0.2, 0.25) is 0 Å². The fraction of sp³-hybridized carbons (Fsp3) is 0.929. The fourth-order valence-corrected chi connectivity index (χ4v) is 2.94. The van der Waals surface area contributed by atoms with Crippen molar-refractivity contribution >= 4 is 6.09 Å². The first-order chi connectivity index (χ1) is 8.40. The van der Waals surface area contributed by atoms with Gasteiger partial charge in [-0.3, -0.25) is 0 Å². The molecule has 2 aliphatic rings. The van der Waals surface area contributed by atoms with Gasteiger partial charge in [0.1, 0.15) is 5.60 Å². The molecule has 2 fully saturated rings. The molecule has 18 heavy (non-hydrogen) atoms. The molecule has 2 rings (SSSR count). The average Bonchev–Trinajstić information content (AvgIpc) is 3.09. The summed E-state index contributed by atoms with van der Waals surface area (Å²) < 4.78 is 5.43.